The molecule has 0 aromatic carbocycles. The molecule has 3 aliphatic rings. The van der Waals surface area contributed by atoms with Crippen molar-refractivity contribution in [1.29, 1.82) is 0 Å². The van der Waals surface area contributed by atoms with Crippen molar-refractivity contribution in [2.45, 2.75) is 62.3 Å². The molecule has 2 N–H and O–H groups in total. The Morgan fingerprint density at radius 1 is 1.28 bits per heavy atom. The minimum atomic E-state index is -2.02. The van der Waals surface area contributed by atoms with E-state index in [0.717, 1.165) is 12.8 Å². The van der Waals surface area contributed by atoms with Crippen LogP contribution in [-0.2, 0) is 25.4 Å². The number of carbonyl (C=O) groups is 2. The number of nitrogens with zero attached hydrogens (tertiary/aromatic N) is 1. The molecule has 0 aromatic rings. The fraction of sp³-hybridized carbons (Fsp3) is 0.875. The zero-order valence-corrected chi connectivity index (χ0v) is 14.9. The smallest absolute Gasteiger partial charge is 0.248 e. The van der Waals surface area contributed by atoms with E-state index in [1.165, 1.54) is 0 Å². The van der Waals surface area contributed by atoms with Gasteiger partial charge in [0.05, 0.1) is 12.1 Å². The average Bonchev–Trinajstić information content (AvgIpc) is 2.63. The largest absolute Gasteiger partial charge is 0.772 e. The summed E-state index contributed by atoms with van der Waals surface area (Å²) in [5.41, 5.74) is 1.71. The quantitative estimate of drug-likeness (QED) is 0.416. The Kier molecular flexibility index (Phi) is 6.08. The number of amides is 2. The highest BCUT2D eigenvalue weighted by atomic mass is 32.2. The van der Waals surface area contributed by atoms with Crippen molar-refractivity contribution in [3.05, 3.63) is 0 Å². The van der Waals surface area contributed by atoms with Crippen LogP contribution >= 0.6 is 0 Å². The van der Waals surface area contributed by atoms with Crippen molar-refractivity contribution in [3.8, 4) is 0 Å². The third-order valence-electron chi connectivity index (χ3n) is 5.90. The minimum Gasteiger partial charge on any atom is -0.772 e. The van der Waals surface area contributed by atoms with Crippen LogP contribution in [0.15, 0.2) is 0 Å². The molecule has 8 nitrogen and oxygen atoms in total. The molecular weight excluding hydrogens is 348 g/mol. The molecule has 3 rings (SSSR count). The van der Waals surface area contributed by atoms with Gasteiger partial charge in [-0.2, -0.15) is 0 Å². The lowest BCUT2D eigenvalue weighted by molar-refractivity contribution is -0.166. The topological polar surface area (TPSA) is 119 Å². The molecule has 25 heavy (non-hydrogen) atoms. The van der Waals surface area contributed by atoms with Crippen molar-refractivity contribution in [2.75, 3.05) is 13.2 Å². The van der Waals surface area contributed by atoms with Gasteiger partial charge in [0.25, 0.3) is 0 Å². The van der Waals surface area contributed by atoms with Gasteiger partial charge in [-0.05, 0) is 50.9 Å². The van der Waals surface area contributed by atoms with Crippen LogP contribution in [0.2, 0.25) is 0 Å². The van der Waals surface area contributed by atoms with E-state index < -0.39 is 17.0 Å². The van der Waals surface area contributed by atoms with Crippen LogP contribution in [-0.4, -0.2) is 61.2 Å². The van der Waals surface area contributed by atoms with Crippen LogP contribution in [0.5, 0.6) is 0 Å². The highest BCUT2D eigenvalue weighted by Gasteiger charge is 2.43. The van der Waals surface area contributed by atoms with Crippen LogP contribution in [0.1, 0.15) is 44.9 Å². The lowest BCUT2D eigenvalue weighted by Gasteiger charge is -2.46. The zero-order valence-electron chi connectivity index (χ0n) is 14.1. The second-order valence-corrected chi connectivity index (χ2v) is 8.54. The standard InChI is InChI=1S/C16H26N2O6S/c19-15-9-24-14-6-3-11(16(20)17-21)7-13(14)18(15)8-10-1-4-12(5-2-10)25(22)23/h10-14,21H,1-9H2,(H,17,20)(H,22,23)/p-1. The van der Waals surface area contributed by atoms with Gasteiger partial charge in [0, 0.05) is 17.7 Å². The molecule has 1 heterocycles. The fourth-order valence-electron chi connectivity index (χ4n) is 4.44. The molecule has 4 atom stereocenters. The third kappa shape index (κ3) is 4.21. The van der Waals surface area contributed by atoms with Gasteiger partial charge in [-0.1, -0.05) is 11.1 Å². The summed E-state index contributed by atoms with van der Waals surface area (Å²) in [6.45, 7) is 0.660. The van der Waals surface area contributed by atoms with E-state index in [1.807, 2.05) is 4.90 Å². The van der Waals surface area contributed by atoms with Crippen LogP contribution in [0.25, 0.3) is 0 Å². The highest BCUT2D eigenvalue weighted by Crippen LogP contribution is 2.35. The maximum atomic E-state index is 12.4. The van der Waals surface area contributed by atoms with Crippen LogP contribution < -0.4 is 5.48 Å². The molecule has 1 aliphatic heterocycles. The number of ether oxygens (including phenoxy) is 1. The molecule has 142 valence electrons. The molecule has 0 aromatic heterocycles. The van der Waals surface area contributed by atoms with E-state index in [0.29, 0.717) is 38.6 Å². The molecule has 0 bridgehead atoms. The average molecular weight is 373 g/mol. The molecule has 2 aliphatic carbocycles. The molecule has 9 heteroatoms. The van der Waals surface area contributed by atoms with E-state index in [2.05, 4.69) is 0 Å². The predicted octanol–water partition coefficient (Wildman–Crippen LogP) is 0.326. The van der Waals surface area contributed by atoms with E-state index >= 15 is 0 Å². The summed E-state index contributed by atoms with van der Waals surface area (Å²) in [5, 5.41) is 8.60. The number of morpholine rings is 1. The second-order valence-electron chi connectivity index (χ2n) is 7.35. The van der Waals surface area contributed by atoms with Crippen molar-refractivity contribution >= 4 is 22.9 Å². The Balaban J connectivity index is 1.63. The second kappa shape index (κ2) is 8.11. The summed E-state index contributed by atoms with van der Waals surface area (Å²) < 4.78 is 27.8. The first kappa shape index (κ1) is 18.8. The van der Waals surface area contributed by atoms with Gasteiger partial charge in [-0.25, -0.2) is 5.48 Å². The summed E-state index contributed by atoms with van der Waals surface area (Å²) in [5.74, 6) is -0.507. The van der Waals surface area contributed by atoms with Gasteiger partial charge in [0.2, 0.25) is 11.8 Å². The zero-order chi connectivity index (χ0) is 18.0. The van der Waals surface area contributed by atoms with Gasteiger partial charge in [-0.15, -0.1) is 0 Å². The van der Waals surface area contributed by atoms with Crippen molar-refractivity contribution in [1.82, 2.24) is 10.4 Å². The molecule has 0 radical (unpaired) electrons. The monoisotopic (exact) mass is 373 g/mol. The summed E-state index contributed by atoms with van der Waals surface area (Å²) >= 11 is -2.02. The van der Waals surface area contributed by atoms with Crippen molar-refractivity contribution in [3.63, 3.8) is 0 Å². The first-order chi connectivity index (χ1) is 12.0. The van der Waals surface area contributed by atoms with E-state index in [4.69, 9.17) is 9.94 Å². The molecule has 1 saturated heterocycles. The van der Waals surface area contributed by atoms with Gasteiger partial charge in [-0.3, -0.25) is 19.0 Å². The van der Waals surface area contributed by atoms with Gasteiger partial charge < -0.3 is 14.2 Å². The number of hydrogen-bond acceptors (Lipinski definition) is 6. The predicted molar refractivity (Wildman–Crippen MR) is 87.2 cm³/mol. The number of hydrogen-bond donors (Lipinski definition) is 2. The molecule has 2 amide bonds. The van der Waals surface area contributed by atoms with Crippen molar-refractivity contribution < 1.29 is 28.3 Å². The normalized spacial score (nSPS) is 37.3. The first-order valence-electron chi connectivity index (χ1n) is 8.92. The molecule has 0 spiro atoms. The number of rotatable bonds is 4. The molecular formula is C16H25N2O6S-. The Bertz CT molecular complexity index is 537. The van der Waals surface area contributed by atoms with E-state index in [-0.39, 0.29) is 41.7 Å². The Morgan fingerprint density at radius 2 is 2.00 bits per heavy atom. The SMILES string of the molecule is O=C(NO)C1CCC2OCC(=O)N(CC3CCC(S(=O)[O-])CC3)C2C1. The van der Waals surface area contributed by atoms with Gasteiger partial charge in [0.15, 0.2) is 0 Å². The number of nitrogens with one attached hydrogen (secondary N) is 1. The number of fused-ring (bicyclic) bond motifs is 1. The number of carbonyl (C=O) groups excluding carboxylic acids is 2. The fourth-order valence-corrected chi connectivity index (χ4v) is 5.10. The lowest BCUT2D eigenvalue weighted by Crippen LogP contribution is -2.58. The summed E-state index contributed by atoms with van der Waals surface area (Å²) in [7, 11) is 0. The van der Waals surface area contributed by atoms with Crippen LogP contribution in [0.4, 0.5) is 0 Å². The summed E-state index contributed by atoms with van der Waals surface area (Å²) in [4.78, 5) is 26.0. The highest BCUT2D eigenvalue weighted by molar-refractivity contribution is 7.79. The Labute approximate surface area is 149 Å². The van der Waals surface area contributed by atoms with Gasteiger partial charge >= 0.3 is 0 Å². The van der Waals surface area contributed by atoms with Crippen molar-refractivity contribution in [2.24, 2.45) is 11.8 Å². The Morgan fingerprint density at radius 3 is 2.64 bits per heavy atom. The van der Waals surface area contributed by atoms with Crippen LogP contribution in [0.3, 0.4) is 0 Å². The summed E-state index contributed by atoms with van der Waals surface area (Å²) in [6, 6.07) is -0.149. The minimum absolute atomic E-state index is 0.0640. The third-order valence-corrected chi connectivity index (χ3v) is 6.91. The maximum Gasteiger partial charge on any atom is 0.248 e. The van der Waals surface area contributed by atoms with E-state index in [1.54, 1.807) is 5.48 Å². The molecule has 3 fully saturated rings. The Hall–Kier alpha value is -1.03. The number of hydroxylamine groups is 1. The summed E-state index contributed by atoms with van der Waals surface area (Å²) in [6.07, 6.45) is 4.62. The van der Waals surface area contributed by atoms with E-state index in [9.17, 15) is 18.4 Å². The van der Waals surface area contributed by atoms with Gasteiger partial charge in [0.1, 0.15) is 6.61 Å². The molecule has 2 saturated carbocycles. The molecule has 4 unspecified atom stereocenters. The first-order valence-corrected chi connectivity index (χ1v) is 10.1. The lowest BCUT2D eigenvalue weighted by atomic mass is 9.80. The maximum absolute atomic E-state index is 12.4. The van der Waals surface area contributed by atoms with Crippen LogP contribution in [0, 0.1) is 11.8 Å².